The topological polar surface area (TPSA) is 45.7 Å². The molecule has 0 atom stereocenters. The highest BCUT2D eigenvalue weighted by molar-refractivity contribution is 7.22. The number of hydrogen-bond donors (Lipinski definition) is 0. The van der Waals surface area contributed by atoms with Gasteiger partial charge in [0.15, 0.2) is 5.13 Å². The van der Waals surface area contributed by atoms with Crippen LogP contribution >= 0.6 is 35.3 Å². The Hall–Kier alpha value is -2.64. The number of ether oxygens (including phenoxy) is 1. The molecule has 4 aromatic rings. The summed E-state index contributed by atoms with van der Waals surface area (Å²) in [6.45, 7) is 1.18. The third-order valence-electron chi connectivity index (χ3n) is 4.69. The molecule has 32 heavy (non-hydrogen) atoms. The number of amides is 1. The fraction of sp³-hybridized carbons (Fsp3) is 0.167. The Kier molecular flexibility index (Phi) is 8.10. The first-order valence-corrected chi connectivity index (χ1v) is 11.1. The molecule has 0 radical (unpaired) electrons. The van der Waals surface area contributed by atoms with Crippen molar-refractivity contribution in [3.05, 3.63) is 83.4 Å². The standard InChI is InChI=1S/C24H22ClN3O2S.ClH/c1-27(2)15-16-28(24-26-22-19(25)12-8-14-21(22)31-24)23(29)18-11-6-7-13-20(18)30-17-9-4-3-5-10-17;/h3-14H,15-16H2,1-2H3;1H. The summed E-state index contributed by atoms with van der Waals surface area (Å²) in [4.78, 5) is 22.1. The van der Waals surface area contributed by atoms with E-state index < -0.39 is 0 Å². The highest BCUT2D eigenvalue weighted by Crippen LogP contribution is 2.34. The van der Waals surface area contributed by atoms with E-state index in [1.165, 1.54) is 11.3 Å². The lowest BCUT2D eigenvalue weighted by molar-refractivity contribution is 0.0983. The summed E-state index contributed by atoms with van der Waals surface area (Å²) in [5, 5.41) is 1.19. The van der Waals surface area contributed by atoms with Gasteiger partial charge >= 0.3 is 0 Å². The van der Waals surface area contributed by atoms with Gasteiger partial charge in [-0.2, -0.15) is 0 Å². The molecule has 1 heterocycles. The van der Waals surface area contributed by atoms with Gasteiger partial charge in [0.25, 0.3) is 5.91 Å². The van der Waals surface area contributed by atoms with E-state index in [4.69, 9.17) is 16.3 Å². The monoisotopic (exact) mass is 487 g/mol. The minimum absolute atomic E-state index is 0. The molecule has 0 spiro atoms. The van der Waals surface area contributed by atoms with Gasteiger partial charge in [0.2, 0.25) is 0 Å². The number of carbonyl (C=O) groups excluding carboxylic acids is 1. The summed E-state index contributed by atoms with van der Waals surface area (Å²) in [5.41, 5.74) is 1.19. The van der Waals surface area contributed by atoms with Gasteiger partial charge in [0, 0.05) is 13.1 Å². The lowest BCUT2D eigenvalue weighted by Gasteiger charge is -2.23. The first kappa shape index (κ1) is 24.0. The minimum atomic E-state index is -0.163. The highest BCUT2D eigenvalue weighted by atomic mass is 35.5. The Morgan fingerprint density at radius 3 is 2.41 bits per heavy atom. The van der Waals surface area contributed by atoms with Crippen LogP contribution in [0.25, 0.3) is 10.2 Å². The van der Waals surface area contributed by atoms with Crippen LogP contribution in [0.5, 0.6) is 11.5 Å². The number of fused-ring (bicyclic) bond motifs is 1. The molecule has 166 valence electrons. The summed E-state index contributed by atoms with van der Waals surface area (Å²) in [6, 6.07) is 22.4. The average Bonchev–Trinajstić information content (AvgIpc) is 3.20. The number of carbonyl (C=O) groups is 1. The van der Waals surface area contributed by atoms with Crippen LogP contribution in [0.15, 0.2) is 72.8 Å². The Morgan fingerprint density at radius 1 is 0.969 bits per heavy atom. The van der Waals surface area contributed by atoms with Gasteiger partial charge in [-0.05, 0) is 50.5 Å². The number of aromatic nitrogens is 1. The minimum Gasteiger partial charge on any atom is -0.457 e. The maximum Gasteiger partial charge on any atom is 0.263 e. The molecule has 5 nitrogen and oxygen atoms in total. The van der Waals surface area contributed by atoms with E-state index in [0.29, 0.717) is 45.8 Å². The van der Waals surface area contributed by atoms with Gasteiger partial charge in [0.1, 0.15) is 17.0 Å². The maximum atomic E-state index is 13.7. The molecular formula is C24H23Cl2N3O2S. The molecule has 1 amide bonds. The van der Waals surface area contributed by atoms with Crippen molar-refractivity contribution in [1.29, 1.82) is 0 Å². The molecule has 8 heteroatoms. The van der Waals surface area contributed by atoms with Crippen LogP contribution in [0.1, 0.15) is 10.4 Å². The highest BCUT2D eigenvalue weighted by Gasteiger charge is 2.24. The number of thiazole rings is 1. The van der Waals surface area contributed by atoms with E-state index in [0.717, 1.165) is 4.70 Å². The molecule has 0 aliphatic rings. The normalized spacial score (nSPS) is 10.8. The number of hydrogen-bond acceptors (Lipinski definition) is 5. The lowest BCUT2D eigenvalue weighted by atomic mass is 10.1. The summed E-state index contributed by atoms with van der Waals surface area (Å²) in [7, 11) is 3.95. The van der Waals surface area contributed by atoms with Crippen LogP contribution in [-0.4, -0.2) is 43.0 Å². The van der Waals surface area contributed by atoms with Crippen LogP contribution < -0.4 is 9.64 Å². The first-order valence-electron chi connectivity index (χ1n) is 9.86. The van der Waals surface area contributed by atoms with E-state index in [1.54, 1.807) is 17.0 Å². The molecule has 3 aromatic carbocycles. The Morgan fingerprint density at radius 2 is 1.69 bits per heavy atom. The SMILES string of the molecule is CN(C)CCN(C(=O)c1ccccc1Oc1ccccc1)c1nc2c(Cl)cccc2s1.Cl. The van der Waals surface area contributed by atoms with Crippen molar-refractivity contribution in [2.24, 2.45) is 0 Å². The second kappa shape index (κ2) is 10.8. The van der Waals surface area contributed by atoms with Gasteiger partial charge in [-0.25, -0.2) is 4.98 Å². The largest absolute Gasteiger partial charge is 0.457 e. The van der Waals surface area contributed by atoms with E-state index in [-0.39, 0.29) is 18.3 Å². The summed E-state index contributed by atoms with van der Waals surface area (Å²) in [5.74, 6) is 1.02. The van der Waals surface area contributed by atoms with Crippen molar-refractivity contribution in [1.82, 2.24) is 9.88 Å². The third-order valence-corrected chi connectivity index (χ3v) is 6.04. The van der Waals surface area contributed by atoms with Gasteiger partial charge in [0.05, 0.1) is 15.3 Å². The summed E-state index contributed by atoms with van der Waals surface area (Å²) < 4.78 is 6.97. The van der Waals surface area contributed by atoms with Gasteiger partial charge in [-0.1, -0.05) is 59.3 Å². The van der Waals surface area contributed by atoms with Crippen molar-refractivity contribution < 1.29 is 9.53 Å². The van der Waals surface area contributed by atoms with Crippen molar-refractivity contribution in [2.75, 3.05) is 32.1 Å². The second-order valence-corrected chi connectivity index (χ2v) is 8.67. The number of rotatable bonds is 7. The van der Waals surface area contributed by atoms with Crippen LogP contribution in [-0.2, 0) is 0 Å². The number of nitrogens with zero attached hydrogens (tertiary/aromatic N) is 3. The first-order chi connectivity index (χ1) is 15.0. The number of benzene rings is 3. The Bertz CT molecular complexity index is 1200. The summed E-state index contributed by atoms with van der Waals surface area (Å²) >= 11 is 7.78. The van der Waals surface area contributed by atoms with Crippen LogP contribution in [0.4, 0.5) is 5.13 Å². The Labute approximate surface area is 202 Å². The van der Waals surface area contributed by atoms with E-state index in [2.05, 4.69) is 4.98 Å². The van der Waals surface area contributed by atoms with Crippen molar-refractivity contribution in [3.8, 4) is 11.5 Å². The van der Waals surface area contributed by atoms with Crippen molar-refractivity contribution in [3.63, 3.8) is 0 Å². The van der Waals surface area contributed by atoms with Gasteiger partial charge in [-0.3, -0.25) is 9.69 Å². The molecule has 0 aliphatic heterocycles. The zero-order chi connectivity index (χ0) is 21.8. The number of halogens is 2. The van der Waals surface area contributed by atoms with Crippen LogP contribution in [0, 0.1) is 0 Å². The number of anilines is 1. The van der Waals surface area contributed by atoms with Crippen LogP contribution in [0.3, 0.4) is 0 Å². The predicted molar refractivity (Wildman–Crippen MR) is 135 cm³/mol. The molecule has 0 saturated heterocycles. The van der Waals surface area contributed by atoms with E-state index >= 15 is 0 Å². The fourth-order valence-corrected chi connectivity index (χ4v) is 4.39. The molecule has 1 aromatic heterocycles. The zero-order valence-corrected chi connectivity index (χ0v) is 20.1. The smallest absolute Gasteiger partial charge is 0.263 e. The lowest BCUT2D eigenvalue weighted by Crippen LogP contribution is -2.36. The molecule has 0 aliphatic carbocycles. The predicted octanol–water partition coefficient (Wildman–Crippen LogP) is 6.37. The summed E-state index contributed by atoms with van der Waals surface area (Å²) in [6.07, 6.45) is 0. The van der Waals surface area contributed by atoms with Gasteiger partial charge in [-0.15, -0.1) is 12.4 Å². The molecule has 0 unspecified atom stereocenters. The van der Waals surface area contributed by atoms with E-state index in [1.807, 2.05) is 79.7 Å². The second-order valence-electron chi connectivity index (χ2n) is 7.25. The number of likely N-dealkylation sites (N-methyl/N-ethyl adjacent to an activating group) is 1. The van der Waals surface area contributed by atoms with Gasteiger partial charge < -0.3 is 9.64 Å². The quantitative estimate of drug-likeness (QED) is 0.303. The zero-order valence-electron chi connectivity index (χ0n) is 17.7. The van der Waals surface area contributed by atoms with E-state index in [9.17, 15) is 4.79 Å². The fourth-order valence-electron chi connectivity index (χ4n) is 3.10. The Balaban J connectivity index is 0.00000289. The third kappa shape index (κ3) is 5.40. The number of para-hydroxylation sites is 3. The molecule has 0 saturated carbocycles. The van der Waals surface area contributed by atoms with Crippen molar-refractivity contribution >= 4 is 56.6 Å². The average molecular weight is 488 g/mol. The maximum absolute atomic E-state index is 13.7. The molecule has 0 fully saturated rings. The molecular weight excluding hydrogens is 465 g/mol. The molecule has 4 rings (SSSR count). The molecule has 0 bridgehead atoms. The van der Waals surface area contributed by atoms with Crippen LogP contribution in [0.2, 0.25) is 5.02 Å². The van der Waals surface area contributed by atoms with Crippen molar-refractivity contribution in [2.45, 2.75) is 0 Å². The molecule has 0 N–H and O–H groups in total.